The number of benzene rings is 1. The summed E-state index contributed by atoms with van der Waals surface area (Å²) < 4.78 is 23.9. The van der Waals surface area contributed by atoms with Gasteiger partial charge in [-0.25, -0.2) is 8.42 Å². The first-order valence-electron chi connectivity index (χ1n) is 6.17. The van der Waals surface area contributed by atoms with Crippen molar-refractivity contribution in [2.75, 3.05) is 11.1 Å². The predicted octanol–water partition coefficient (Wildman–Crippen LogP) is 1.40. The molecule has 1 rings (SSSR count). The van der Waals surface area contributed by atoms with E-state index in [9.17, 15) is 13.2 Å². The summed E-state index contributed by atoms with van der Waals surface area (Å²) in [6.45, 7) is 5.01. The van der Waals surface area contributed by atoms with Crippen LogP contribution < -0.4 is 11.1 Å². The molecule has 0 heterocycles. The lowest BCUT2D eigenvalue weighted by Gasteiger charge is -2.17. The van der Waals surface area contributed by atoms with Crippen LogP contribution in [0.25, 0.3) is 0 Å². The molecule has 0 saturated carbocycles. The number of anilines is 1. The Hall–Kier alpha value is -1.40. The Labute approximate surface area is 114 Å². The highest BCUT2D eigenvalue weighted by molar-refractivity contribution is 7.91. The quantitative estimate of drug-likeness (QED) is 0.855. The first-order chi connectivity index (χ1) is 8.79. The lowest BCUT2D eigenvalue weighted by Crippen LogP contribution is -2.34. The molecule has 3 N–H and O–H groups in total. The van der Waals surface area contributed by atoms with Gasteiger partial charge in [-0.3, -0.25) is 4.79 Å². The van der Waals surface area contributed by atoms with E-state index < -0.39 is 15.8 Å². The highest BCUT2D eigenvalue weighted by atomic mass is 32.2. The number of nitrogens with two attached hydrogens (primary N) is 1. The summed E-state index contributed by atoms with van der Waals surface area (Å²) in [7, 11) is -3.37. The fraction of sp³-hybridized carbons (Fsp3) is 0.462. The number of para-hydroxylation sites is 1. The second-order valence-electron chi connectivity index (χ2n) is 4.54. The molecular weight excluding hydrogens is 264 g/mol. The third kappa shape index (κ3) is 3.78. The van der Waals surface area contributed by atoms with Gasteiger partial charge in [-0.05, 0) is 19.1 Å². The number of hydrogen-bond acceptors (Lipinski definition) is 4. The van der Waals surface area contributed by atoms with E-state index in [-0.39, 0.29) is 22.6 Å². The van der Waals surface area contributed by atoms with Crippen molar-refractivity contribution >= 4 is 21.4 Å². The molecule has 1 aromatic carbocycles. The molecule has 0 aromatic heterocycles. The number of rotatable bonds is 5. The van der Waals surface area contributed by atoms with Crippen LogP contribution in [0.5, 0.6) is 0 Å². The van der Waals surface area contributed by atoms with Gasteiger partial charge in [0.15, 0.2) is 9.84 Å². The molecule has 1 amide bonds. The summed E-state index contributed by atoms with van der Waals surface area (Å²) in [5, 5.41) is 2.63. The van der Waals surface area contributed by atoms with Gasteiger partial charge in [0.1, 0.15) is 0 Å². The summed E-state index contributed by atoms with van der Waals surface area (Å²) in [5.41, 5.74) is 5.97. The van der Waals surface area contributed by atoms with E-state index in [1.165, 1.54) is 6.07 Å². The maximum absolute atomic E-state index is 11.9. The predicted molar refractivity (Wildman–Crippen MR) is 75.6 cm³/mol. The minimum absolute atomic E-state index is 0.0112. The van der Waals surface area contributed by atoms with E-state index in [0.717, 1.165) is 0 Å². The monoisotopic (exact) mass is 284 g/mol. The van der Waals surface area contributed by atoms with Crippen molar-refractivity contribution in [1.82, 2.24) is 0 Å². The van der Waals surface area contributed by atoms with Crippen molar-refractivity contribution in [2.24, 2.45) is 11.7 Å². The molecule has 5 nitrogen and oxygen atoms in total. The van der Waals surface area contributed by atoms with Crippen LogP contribution in [0.3, 0.4) is 0 Å². The van der Waals surface area contributed by atoms with Gasteiger partial charge in [-0.2, -0.15) is 0 Å². The van der Waals surface area contributed by atoms with E-state index in [4.69, 9.17) is 5.73 Å². The molecule has 6 heteroatoms. The second-order valence-corrected chi connectivity index (χ2v) is 6.78. The van der Waals surface area contributed by atoms with E-state index in [2.05, 4.69) is 5.32 Å². The van der Waals surface area contributed by atoms with E-state index in [1.807, 2.05) is 0 Å². The van der Waals surface area contributed by atoms with Crippen LogP contribution in [0.4, 0.5) is 5.69 Å². The molecular formula is C13H20N2O3S. The molecule has 0 radical (unpaired) electrons. The van der Waals surface area contributed by atoms with Gasteiger partial charge in [-0.1, -0.05) is 26.0 Å². The molecule has 0 spiro atoms. The molecule has 0 aliphatic rings. The van der Waals surface area contributed by atoms with E-state index in [0.29, 0.717) is 5.69 Å². The van der Waals surface area contributed by atoms with Crippen molar-refractivity contribution < 1.29 is 13.2 Å². The molecule has 106 valence electrons. The maximum Gasteiger partial charge on any atom is 0.228 e. The van der Waals surface area contributed by atoms with Crippen LogP contribution in [0.15, 0.2) is 29.2 Å². The van der Waals surface area contributed by atoms with Crippen molar-refractivity contribution in [2.45, 2.75) is 31.7 Å². The number of sulfone groups is 1. The normalized spacial score (nSPS) is 14.7. The second kappa shape index (κ2) is 6.16. The zero-order chi connectivity index (χ0) is 14.6. The molecule has 19 heavy (non-hydrogen) atoms. The van der Waals surface area contributed by atoms with E-state index >= 15 is 0 Å². The van der Waals surface area contributed by atoms with Gasteiger partial charge in [0.2, 0.25) is 5.91 Å². The topological polar surface area (TPSA) is 89.3 Å². The average molecular weight is 284 g/mol. The van der Waals surface area contributed by atoms with Gasteiger partial charge in [0, 0.05) is 6.04 Å². The smallest absolute Gasteiger partial charge is 0.228 e. The van der Waals surface area contributed by atoms with Crippen molar-refractivity contribution in [3.63, 3.8) is 0 Å². The summed E-state index contributed by atoms with van der Waals surface area (Å²) in [5.74, 6) is -0.686. The van der Waals surface area contributed by atoms with Crippen LogP contribution in [0, 0.1) is 5.92 Å². The summed E-state index contributed by atoms with van der Waals surface area (Å²) in [6.07, 6.45) is 0. The lowest BCUT2D eigenvalue weighted by atomic mass is 10.0. The molecule has 0 saturated heterocycles. The number of nitrogens with one attached hydrogen (secondary N) is 1. The van der Waals surface area contributed by atoms with Crippen LogP contribution in [0.1, 0.15) is 20.8 Å². The fourth-order valence-electron chi connectivity index (χ4n) is 1.48. The Bertz CT molecular complexity index is 553. The Kier molecular flexibility index (Phi) is 5.08. The average Bonchev–Trinajstić information content (AvgIpc) is 2.38. The van der Waals surface area contributed by atoms with Gasteiger partial charge < -0.3 is 11.1 Å². The number of carbonyl (C=O) groups excluding carboxylic acids is 1. The third-order valence-electron chi connectivity index (χ3n) is 3.06. The zero-order valence-corrected chi connectivity index (χ0v) is 12.2. The van der Waals surface area contributed by atoms with Crippen LogP contribution >= 0.6 is 0 Å². The summed E-state index contributed by atoms with van der Waals surface area (Å²) in [6, 6.07) is 6.09. The van der Waals surface area contributed by atoms with Crippen molar-refractivity contribution in [3.8, 4) is 0 Å². The maximum atomic E-state index is 11.9. The molecule has 2 unspecified atom stereocenters. The Morgan fingerprint density at radius 3 is 2.42 bits per heavy atom. The summed E-state index contributed by atoms with van der Waals surface area (Å²) >= 11 is 0. The number of carbonyl (C=O) groups is 1. The molecule has 1 aromatic rings. The van der Waals surface area contributed by atoms with Crippen molar-refractivity contribution in [3.05, 3.63) is 24.3 Å². The van der Waals surface area contributed by atoms with Crippen LogP contribution in [-0.2, 0) is 14.6 Å². The summed E-state index contributed by atoms with van der Waals surface area (Å²) in [4.78, 5) is 12.1. The van der Waals surface area contributed by atoms with Gasteiger partial charge in [0.25, 0.3) is 0 Å². The fourth-order valence-corrected chi connectivity index (χ4v) is 2.53. The minimum atomic E-state index is -3.37. The highest BCUT2D eigenvalue weighted by Crippen LogP contribution is 2.22. The SMILES string of the molecule is CCS(=O)(=O)c1ccccc1NC(=O)C(C)C(C)N. The number of amides is 1. The third-order valence-corrected chi connectivity index (χ3v) is 4.85. The number of hydrogen-bond donors (Lipinski definition) is 2. The Morgan fingerprint density at radius 1 is 1.32 bits per heavy atom. The largest absolute Gasteiger partial charge is 0.327 e. The van der Waals surface area contributed by atoms with Crippen LogP contribution in [0.2, 0.25) is 0 Å². The molecule has 0 bridgehead atoms. The first kappa shape index (κ1) is 15.7. The van der Waals surface area contributed by atoms with Gasteiger partial charge >= 0.3 is 0 Å². The van der Waals surface area contributed by atoms with Crippen LogP contribution in [-0.4, -0.2) is 26.1 Å². The Balaban J connectivity index is 3.07. The van der Waals surface area contributed by atoms with Gasteiger partial charge in [0.05, 0.1) is 22.3 Å². The lowest BCUT2D eigenvalue weighted by molar-refractivity contribution is -0.119. The Morgan fingerprint density at radius 2 is 1.89 bits per heavy atom. The molecule has 0 aliphatic heterocycles. The van der Waals surface area contributed by atoms with Crippen molar-refractivity contribution in [1.29, 1.82) is 0 Å². The molecule has 0 fully saturated rings. The minimum Gasteiger partial charge on any atom is -0.327 e. The zero-order valence-electron chi connectivity index (χ0n) is 11.4. The molecule has 2 atom stereocenters. The highest BCUT2D eigenvalue weighted by Gasteiger charge is 2.21. The molecule has 0 aliphatic carbocycles. The van der Waals surface area contributed by atoms with Gasteiger partial charge in [-0.15, -0.1) is 0 Å². The first-order valence-corrected chi connectivity index (χ1v) is 7.83. The van der Waals surface area contributed by atoms with E-state index in [1.54, 1.807) is 39.0 Å². The standard InChI is InChI=1S/C13H20N2O3S/c1-4-19(17,18)12-8-6-5-7-11(12)15-13(16)9(2)10(3)14/h5-10H,4,14H2,1-3H3,(H,15,16).